The van der Waals surface area contributed by atoms with E-state index in [2.05, 4.69) is 5.32 Å². The quantitative estimate of drug-likeness (QED) is 0.396. The number of carbonyl (C=O) groups is 1. The van der Waals surface area contributed by atoms with E-state index in [1.165, 1.54) is 148 Å². The number of hydrogen-bond donors (Lipinski definition) is 1. The van der Waals surface area contributed by atoms with Crippen molar-refractivity contribution in [3.05, 3.63) is 0 Å². The highest BCUT2D eigenvalue weighted by Crippen LogP contribution is 2.72. The molecule has 2 bridgehead atoms. The van der Waals surface area contributed by atoms with Crippen LogP contribution in [-0.2, 0) is 9.53 Å². The first-order valence-corrected chi connectivity index (χ1v) is 16.6. The zero-order valence-electron chi connectivity index (χ0n) is 23.5. The molecule has 0 aromatic carbocycles. The van der Waals surface area contributed by atoms with Crippen LogP contribution in [0, 0.1) is 23.2 Å². The SMILES string of the molecule is O=C(COC1CCCCCCCCC1)NC12CC(C3CCCC(C4CCCCCCC4)CCC3)(C1)C2. The standard InChI is InChI=1S/C33H57NO2/c35-31(23-36-30-21-11-7-2-1-3-8-12-22-30)34-33-24-32(25-33,26-33)29-19-13-17-28(18-14-20-29)27-15-9-5-4-6-10-16-27/h27-30H,1-26H2,(H,34,35). The van der Waals surface area contributed by atoms with Gasteiger partial charge in [-0.2, -0.15) is 0 Å². The molecule has 0 aromatic heterocycles. The Morgan fingerprint density at radius 3 is 1.56 bits per heavy atom. The van der Waals surface area contributed by atoms with E-state index in [0.717, 1.165) is 30.6 Å². The van der Waals surface area contributed by atoms with E-state index in [1.54, 1.807) is 0 Å². The van der Waals surface area contributed by atoms with E-state index in [4.69, 9.17) is 4.74 Å². The molecule has 6 aliphatic rings. The fourth-order valence-corrected chi connectivity index (χ4v) is 9.48. The number of rotatable bonds is 6. The van der Waals surface area contributed by atoms with Crippen molar-refractivity contribution in [2.45, 2.75) is 172 Å². The third-order valence-electron chi connectivity index (χ3n) is 11.4. The predicted octanol–water partition coefficient (Wildman–Crippen LogP) is 8.88. The summed E-state index contributed by atoms with van der Waals surface area (Å²) < 4.78 is 6.14. The van der Waals surface area contributed by atoms with Gasteiger partial charge in [-0.1, -0.05) is 116 Å². The molecule has 0 heterocycles. The number of nitrogens with one attached hydrogen (secondary N) is 1. The summed E-state index contributed by atoms with van der Waals surface area (Å²) in [6.07, 6.45) is 35.0. The first kappa shape index (κ1) is 27.0. The van der Waals surface area contributed by atoms with Crippen molar-refractivity contribution in [2.75, 3.05) is 6.61 Å². The maximum atomic E-state index is 12.8. The molecule has 6 fully saturated rings. The van der Waals surface area contributed by atoms with Crippen LogP contribution in [0.1, 0.15) is 161 Å². The van der Waals surface area contributed by atoms with Crippen LogP contribution in [0.4, 0.5) is 0 Å². The minimum Gasteiger partial charge on any atom is -0.368 e. The van der Waals surface area contributed by atoms with E-state index >= 15 is 0 Å². The van der Waals surface area contributed by atoms with Gasteiger partial charge in [-0.25, -0.2) is 0 Å². The van der Waals surface area contributed by atoms with Gasteiger partial charge in [-0.05, 0) is 68.1 Å². The molecule has 206 valence electrons. The summed E-state index contributed by atoms with van der Waals surface area (Å²) in [6, 6.07) is 0. The first-order chi connectivity index (χ1) is 17.7. The lowest BCUT2D eigenvalue weighted by atomic mass is 9.35. The fraction of sp³-hybridized carbons (Fsp3) is 0.970. The van der Waals surface area contributed by atoms with Crippen molar-refractivity contribution in [2.24, 2.45) is 23.2 Å². The summed E-state index contributed by atoms with van der Waals surface area (Å²) in [5.41, 5.74) is 0.720. The average Bonchev–Trinajstić information content (AvgIpc) is 2.79. The molecule has 1 N–H and O–H groups in total. The van der Waals surface area contributed by atoms with E-state index < -0.39 is 0 Å². The number of amides is 1. The van der Waals surface area contributed by atoms with Crippen LogP contribution < -0.4 is 5.32 Å². The van der Waals surface area contributed by atoms with Crippen molar-refractivity contribution < 1.29 is 9.53 Å². The van der Waals surface area contributed by atoms with Crippen LogP contribution in [0.25, 0.3) is 0 Å². The molecule has 6 saturated carbocycles. The zero-order valence-corrected chi connectivity index (χ0v) is 23.5. The highest BCUT2D eigenvalue weighted by atomic mass is 16.5. The smallest absolute Gasteiger partial charge is 0.246 e. The molecule has 6 aliphatic carbocycles. The molecule has 0 unspecified atom stereocenters. The molecule has 6 rings (SSSR count). The van der Waals surface area contributed by atoms with Crippen LogP contribution in [0.15, 0.2) is 0 Å². The Kier molecular flexibility index (Phi) is 9.75. The van der Waals surface area contributed by atoms with Crippen molar-refractivity contribution in [3.63, 3.8) is 0 Å². The van der Waals surface area contributed by atoms with Crippen LogP contribution in [0.2, 0.25) is 0 Å². The highest BCUT2D eigenvalue weighted by Gasteiger charge is 2.70. The Morgan fingerprint density at radius 1 is 0.583 bits per heavy atom. The zero-order chi connectivity index (χ0) is 24.7. The van der Waals surface area contributed by atoms with Gasteiger partial charge in [-0.3, -0.25) is 4.79 Å². The summed E-state index contributed by atoms with van der Waals surface area (Å²) in [5, 5.41) is 3.44. The van der Waals surface area contributed by atoms with Gasteiger partial charge >= 0.3 is 0 Å². The summed E-state index contributed by atoms with van der Waals surface area (Å²) >= 11 is 0. The predicted molar refractivity (Wildman–Crippen MR) is 149 cm³/mol. The lowest BCUT2D eigenvalue weighted by molar-refractivity contribution is -0.199. The third kappa shape index (κ3) is 6.89. The molecule has 3 heteroatoms. The Morgan fingerprint density at radius 2 is 1.03 bits per heavy atom. The second-order valence-corrected chi connectivity index (χ2v) is 14.1. The van der Waals surface area contributed by atoms with Gasteiger partial charge in [0.2, 0.25) is 5.91 Å². The third-order valence-corrected chi connectivity index (χ3v) is 11.4. The van der Waals surface area contributed by atoms with Crippen LogP contribution in [0.5, 0.6) is 0 Å². The molecule has 0 aromatic rings. The maximum absolute atomic E-state index is 12.8. The lowest BCUT2D eigenvalue weighted by Crippen LogP contribution is -2.76. The maximum Gasteiger partial charge on any atom is 0.246 e. The molecule has 0 aliphatic heterocycles. The molecule has 0 radical (unpaired) electrons. The molecule has 0 spiro atoms. The molecule has 3 nitrogen and oxygen atoms in total. The van der Waals surface area contributed by atoms with Crippen LogP contribution in [0.3, 0.4) is 0 Å². The number of hydrogen-bond acceptors (Lipinski definition) is 2. The average molecular weight is 500 g/mol. The summed E-state index contributed by atoms with van der Waals surface area (Å²) in [4.78, 5) is 12.8. The van der Waals surface area contributed by atoms with E-state index in [0.29, 0.717) is 11.5 Å². The normalized spacial score (nSPS) is 37.8. The largest absolute Gasteiger partial charge is 0.368 e. The van der Waals surface area contributed by atoms with Crippen LogP contribution in [-0.4, -0.2) is 24.2 Å². The second-order valence-electron chi connectivity index (χ2n) is 14.1. The van der Waals surface area contributed by atoms with E-state index in [1.807, 2.05) is 0 Å². The number of ether oxygens (including phenoxy) is 1. The van der Waals surface area contributed by atoms with Gasteiger partial charge in [0.15, 0.2) is 0 Å². The molecule has 1 amide bonds. The summed E-state index contributed by atoms with van der Waals surface area (Å²) in [7, 11) is 0. The molecule has 36 heavy (non-hydrogen) atoms. The minimum atomic E-state index is 0.139. The molecular weight excluding hydrogens is 442 g/mol. The summed E-state index contributed by atoms with van der Waals surface area (Å²) in [5.74, 6) is 3.14. The topological polar surface area (TPSA) is 38.3 Å². The first-order valence-electron chi connectivity index (χ1n) is 16.6. The van der Waals surface area contributed by atoms with Crippen molar-refractivity contribution >= 4 is 5.91 Å². The Balaban J connectivity index is 1.00. The minimum absolute atomic E-state index is 0.139. The lowest BCUT2D eigenvalue weighted by Gasteiger charge is -2.73. The Labute approximate surface area is 222 Å². The Hall–Kier alpha value is -0.570. The Bertz CT molecular complexity index is 641. The van der Waals surface area contributed by atoms with E-state index in [-0.39, 0.29) is 18.1 Å². The number of carbonyl (C=O) groups excluding carboxylic acids is 1. The van der Waals surface area contributed by atoms with Gasteiger partial charge in [-0.15, -0.1) is 0 Å². The monoisotopic (exact) mass is 499 g/mol. The van der Waals surface area contributed by atoms with Crippen molar-refractivity contribution in [1.29, 1.82) is 0 Å². The van der Waals surface area contributed by atoms with Gasteiger partial charge in [0.05, 0.1) is 6.10 Å². The van der Waals surface area contributed by atoms with E-state index in [9.17, 15) is 4.79 Å². The highest BCUT2D eigenvalue weighted by molar-refractivity contribution is 5.78. The molecule has 0 atom stereocenters. The molecular formula is C33H57NO2. The van der Waals surface area contributed by atoms with Crippen molar-refractivity contribution in [3.8, 4) is 0 Å². The van der Waals surface area contributed by atoms with Crippen molar-refractivity contribution in [1.82, 2.24) is 5.32 Å². The second kappa shape index (κ2) is 13.0. The van der Waals surface area contributed by atoms with Gasteiger partial charge in [0.25, 0.3) is 0 Å². The van der Waals surface area contributed by atoms with Gasteiger partial charge < -0.3 is 10.1 Å². The summed E-state index contributed by atoms with van der Waals surface area (Å²) in [6.45, 7) is 0.283. The van der Waals surface area contributed by atoms with Crippen LogP contribution >= 0.6 is 0 Å². The molecule has 0 saturated heterocycles. The fourth-order valence-electron chi connectivity index (χ4n) is 9.48. The van der Waals surface area contributed by atoms with Gasteiger partial charge in [0.1, 0.15) is 6.61 Å². The van der Waals surface area contributed by atoms with Gasteiger partial charge in [0, 0.05) is 5.54 Å².